The third kappa shape index (κ3) is 5.46. The molecule has 1 N–H and O–H groups in total. The van der Waals surface area contributed by atoms with Crippen LogP contribution in [0.1, 0.15) is 18.0 Å². The fourth-order valence-electron chi connectivity index (χ4n) is 2.62. The van der Waals surface area contributed by atoms with Gasteiger partial charge in [0.05, 0.1) is 6.67 Å². The van der Waals surface area contributed by atoms with Crippen LogP contribution in [0.2, 0.25) is 0 Å². The predicted molar refractivity (Wildman–Crippen MR) is 83.0 cm³/mol. The van der Waals surface area contributed by atoms with Gasteiger partial charge in [0.25, 0.3) is 0 Å². The number of halogens is 6. The third-order valence-corrected chi connectivity index (χ3v) is 3.75. The molecule has 9 heteroatoms. The molecule has 2 rings (SSSR count). The summed E-state index contributed by atoms with van der Waals surface area (Å²) in [6.07, 6.45) is -8.14. The van der Waals surface area contributed by atoms with E-state index in [1.165, 1.54) is 24.3 Å². The quantitative estimate of drug-likeness (QED) is 0.737. The normalized spacial score (nSPS) is 17.4. The van der Waals surface area contributed by atoms with Crippen LogP contribution in [-0.4, -0.2) is 50.3 Å². The zero-order chi connectivity index (χ0) is 16.9. The molecule has 1 aromatic rings. The van der Waals surface area contributed by atoms with E-state index in [1.807, 2.05) is 0 Å². The zero-order valence-corrected chi connectivity index (χ0v) is 13.7. The third-order valence-electron chi connectivity index (χ3n) is 3.75. The highest BCUT2D eigenvalue weighted by molar-refractivity contribution is 5.85. The Kier molecular flexibility index (Phi) is 8.18. The van der Waals surface area contributed by atoms with Gasteiger partial charge in [-0.25, -0.2) is 0 Å². The summed E-state index contributed by atoms with van der Waals surface area (Å²) >= 11 is 0. The number of nitrogens with zero attached hydrogens (tertiary/aromatic N) is 1. The van der Waals surface area contributed by atoms with Crippen molar-refractivity contribution in [1.29, 1.82) is 0 Å². The summed E-state index contributed by atoms with van der Waals surface area (Å²) in [5, 5.41) is 3.20. The minimum absolute atomic E-state index is 0. The van der Waals surface area contributed by atoms with Crippen LogP contribution < -0.4 is 10.1 Å². The Morgan fingerprint density at radius 2 is 1.71 bits per heavy atom. The van der Waals surface area contributed by atoms with Gasteiger partial charge in [0.2, 0.25) is 0 Å². The Morgan fingerprint density at radius 3 is 2.21 bits per heavy atom. The minimum atomic E-state index is -4.53. The topological polar surface area (TPSA) is 24.5 Å². The highest BCUT2D eigenvalue weighted by Crippen LogP contribution is 2.30. The maximum atomic E-state index is 12.9. The SMILES string of the molecule is Cl.FCC[C@H](c1ccc(OC(F)(F)C(F)F)cc1)N1CCNCC1. The summed E-state index contributed by atoms with van der Waals surface area (Å²) in [7, 11) is 0. The number of alkyl halides is 5. The van der Waals surface area contributed by atoms with Gasteiger partial charge in [-0.2, -0.15) is 17.6 Å². The highest BCUT2D eigenvalue weighted by Gasteiger charge is 2.43. The van der Waals surface area contributed by atoms with Crippen LogP contribution >= 0.6 is 12.4 Å². The van der Waals surface area contributed by atoms with Crippen molar-refractivity contribution >= 4 is 12.4 Å². The van der Waals surface area contributed by atoms with Crippen LogP contribution in [0.25, 0.3) is 0 Å². The minimum Gasteiger partial charge on any atom is -0.428 e. The summed E-state index contributed by atoms with van der Waals surface area (Å²) in [6.45, 7) is 2.60. The van der Waals surface area contributed by atoms with Crippen molar-refractivity contribution in [3.63, 3.8) is 0 Å². The molecule has 0 spiro atoms. The summed E-state index contributed by atoms with van der Waals surface area (Å²) in [6, 6.07) is 5.27. The van der Waals surface area contributed by atoms with Gasteiger partial charge in [-0.15, -0.1) is 12.4 Å². The second-order valence-corrected chi connectivity index (χ2v) is 5.31. The molecule has 1 heterocycles. The van der Waals surface area contributed by atoms with Gasteiger partial charge in [0.15, 0.2) is 0 Å². The van der Waals surface area contributed by atoms with E-state index in [0.29, 0.717) is 0 Å². The molecule has 0 unspecified atom stereocenters. The van der Waals surface area contributed by atoms with Crippen LogP contribution in [0, 0.1) is 0 Å². The van der Waals surface area contributed by atoms with E-state index in [1.54, 1.807) is 0 Å². The Balaban J connectivity index is 0.00000288. The Bertz CT molecular complexity index is 483. The maximum Gasteiger partial charge on any atom is 0.461 e. The van der Waals surface area contributed by atoms with Gasteiger partial charge in [-0.3, -0.25) is 9.29 Å². The summed E-state index contributed by atoms with van der Waals surface area (Å²) in [5.74, 6) is -0.349. The molecule has 24 heavy (non-hydrogen) atoms. The van der Waals surface area contributed by atoms with E-state index in [-0.39, 0.29) is 30.6 Å². The van der Waals surface area contributed by atoms with Crippen molar-refractivity contribution in [2.75, 3.05) is 32.9 Å². The molecule has 0 saturated carbocycles. The van der Waals surface area contributed by atoms with Crippen LogP contribution in [0.15, 0.2) is 24.3 Å². The highest BCUT2D eigenvalue weighted by atomic mass is 35.5. The van der Waals surface area contributed by atoms with E-state index in [9.17, 15) is 22.0 Å². The fourth-order valence-corrected chi connectivity index (χ4v) is 2.62. The Morgan fingerprint density at radius 1 is 1.12 bits per heavy atom. The molecule has 0 amide bonds. The van der Waals surface area contributed by atoms with Crippen LogP contribution in [0.4, 0.5) is 22.0 Å². The standard InChI is InChI=1S/C15H19F5N2O.ClH/c16-6-5-13(22-9-7-21-8-10-22)11-1-3-12(4-2-11)23-15(19,20)14(17)18;/h1-4,13-14,21H,5-10H2;1H/t13-;/m1./s1. The number of rotatable bonds is 7. The number of ether oxygens (including phenoxy) is 1. The molecule has 1 aliphatic heterocycles. The first-order valence-corrected chi connectivity index (χ1v) is 7.39. The predicted octanol–water partition coefficient (Wildman–Crippen LogP) is 3.65. The first-order chi connectivity index (χ1) is 10.9. The van der Waals surface area contributed by atoms with Crippen molar-refractivity contribution in [2.24, 2.45) is 0 Å². The number of benzene rings is 1. The molecular formula is C15H20ClF5N2O. The van der Waals surface area contributed by atoms with Crippen molar-refractivity contribution in [3.05, 3.63) is 29.8 Å². The molecule has 1 atom stereocenters. The average molecular weight is 375 g/mol. The molecule has 1 fully saturated rings. The first-order valence-electron chi connectivity index (χ1n) is 7.39. The lowest BCUT2D eigenvalue weighted by atomic mass is 10.0. The van der Waals surface area contributed by atoms with Gasteiger partial charge >= 0.3 is 12.5 Å². The molecule has 1 aromatic carbocycles. The van der Waals surface area contributed by atoms with E-state index in [0.717, 1.165) is 31.7 Å². The number of hydrogen-bond acceptors (Lipinski definition) is 3. The lowest BCUT2D eigenvalue weighted by molar-refractivity contribution is -0.253. The first kappa shape index (κ1) is 20.9. The van der Waals surface area contributed by atoms with E-state index in [4.69, 9.17) is 0 Å². The molecule has 3 nitrogen and oxygen atoms in total. The van der Waals surface area contributed by atoms with Crippen LogP contribution in [0.5, 0.6) is 5.75 Å². The lowest BCUT2D eigenvalue weighted by Crippen LogP contribution is -2.45. The number of hydrogen-bond donors (Lipinski definition) is 1. The van der Waals surface area contributed by atoms with Gasteiger partial charge < -0.3 is 10.1 Å². The maximum absolute atomic E-state index is 12.9. The molecule has 0 aromatic heterocycles. The van der Waals surface area contributed by atoms with Crippen molar-refractivity contribution in [2.45, 2.75) is 25.0 Å². The summed E-state index contributed by atoms with van der Waals surface area (Å²) in [4.78, 5) is 2.11. The van der Waals surface area contributed by atoms with Crippen molar-refractivity contribution in [1.82, 2.24) is 10.2 Å². The van der Waals surface area contributed by atoms with Crippen LogP contribution in [0.3, 0.4) is 0 Å². The van der Waals surface area contributed by atoms with Gasteiger partial charge in [-0.05, 0) is 24.1 Å². The molecule has 1 aliphatic rings. The van der Waals surface area contributed by atoms with Gasteiger partial charge in [0.1, 0.15) is 5.75 Å². The Labute approximate surface area is 143 Å². The molecule has 138 valence electrons. The second-order valence-electron chi connectivity index (χ2n) is 5.31. The molecule has 0 radical (unpaired) electrons. The van der Waals surface area contributed by atoms with Gasteiger partial charge in [0, 0.05) is 32.2 Å². The van der Waals surface area contributed by atoms with E-state index < -0.39 is 19.2 Å². The average Bonchev–Trinajstić information content (AvgIpc) is 2.54. The fraction of sp³-hybridized carbons (Fsp3) is 0.600. The lowest BCUT2D eigenvalue weighted by Gasteiger charge is -2.35. The number of nitrogens with one attached hydrogen (secondary N) is 1. The largest absolute Gasteiger partial charge is 0.461 e. The monoisotopic (exact) mass is 374 g/mol. The Hall–Kier alpha value is -1.12. The summed E-state index contributed by atoms with van der Waals surface area (Å²) in [5.41, 5.74) is 0.747. The second kappa shape index (κ2) is 9.39. The van der Waals surface area contributed by atoms with E-state index in [2.05, 4.69) is 15.0 Å². The van der Waals surface area contributed by atoms with Crippen LogP contribution in [-0.2, 0) is 0 Å². The van der Waals surface area contributed by atoms with E-state index >= 15 is 0 Å². The summed E-state index contributed by atoms with van der Waals surface area (Å²) < 4.78 is 66.8. The molecule has 0 aliphatic carbocycles. The zero-order valence-electron chi connectivity index (χ0n) is 12.9. The molecule has 0 bridgehead atoms. The van der Waals surface area contributed by atoms with Gasteiger partial charge in [-0.1, -0.05) is 12.1 Å². The number of piperazine rings is 1. The van der Waals surface area contributed by atoms with Crippen molar-refractivity contribution in [3.8, 4) is 5.75 Å². The molecule has 1 saturated heterocycles. The smallest absolute Gasteiger partial charge is 0.428 e. The van der Waals surface area contributed by atoms with Crippen molar-refractivity contribution < 1.29 is 26.7 Å². The molecular weight excluding hydrogens is 355 g/mol.